The lowest BCUT2D eigenvalue weighted by molar-refractivity contribution is -0.186. The van der Waals surface area contributed by atoms with Gasteiger partial charge in [0.15, 0.2) is 0 Å². The first-order valence-corrected chi connectivity index (χ1v) is 14.6. The topological polar surface area (TPSA) is 158 Å². The van der Waals surface area contributed by atoms with E-state index in [1.165, 1.54) is 41.5 Å². The molecule has 0 saturated heterocycles. The molecule has 0 N–H and O–H groups in total. The second-order valence-electron chi connectivity index (χ2n) is 9.42. The molecule has 0 aliphatic heterocycles. The molecule has 0 aliphatic carbocycles. The lowest BCUT2D eigenvalue weighted by atomic mass is 9.76. The molecule has 12 nitrogen and oxygen atoms in total. The predicted octanol–water partition coefficient (Wildman–Crippen LogP) is 3.28. The van der Waals surface area contributed by atoms with Gasteiger partial charge in [-0.15, -0.1) is 0 Å². The van der Waals surface area contributed by atoms with Crippen molar-refractivity contribution in [2.75, 3.05) is 39.6 Å². The van der Waals surface area contributed by atoms with Crippen LogP contribution in [0.25, 0.3) is 10.8 Å². The third kappa shape index (κ3) is 7.17. The molecular weight excluding hydrogens is 576 g/mol. The highest BCUT2D eigenvalue weighted by Gasteiger charge is 2.59. The Morgan fingerprint density at radius 3 is 0.932 bits per heavy atom. The zero-order chi connectivity index (χ0) is 32.9. The molecule has 240 valence electrons. The fourth-order valence-corrected chi connectivity index (χ4v) is 4.83. The first-order chi connectivity index (χ1) is 21.0. The average molecular weight is 617 g/mol. The Morgan fingerprint density at radius 2 is 0.705 bits per heavy atom. The standard InChI is InChI=1S/C32H40O12/c1-7-39-25(33)31(26(34)40-8-2,27(35)41-9-3)19-22-17-13-15-21-16-14-18-23(24(21)22)20-32(28(36)42-10-4,29(37)43-11-5)30(38)44-12-6/h13-18H,7-12,19-20H2,1-6H3. The normalized spacial score (nSPS) is 11.3. The van der Waals surface area contributed by atoms with E-state index in [0.29, 0.717) is 10.8 Å². The van der Waals surface area contributed by atoms with E-state index >= 15 is 0 Å². The maximum absolute atomic E-state index is 13.4. The van der Waals surface area contributed by atoms with Crippen molar-refractivity contribution in [1.82, 2.24) is 0 Å². The quantitative estimate of drug-likeness (QED) is 0.154. The highest BCUT2D eigenvalue weighted by Crippen LogP contribution is 2.37. The fraction of sp³-hybridized carbons (Fsp3) is 0.500. The minimum Gasteiger partial charge on any atom is -0.465 e. The molecular formula is C32H40O12. The molecule has 0 bridgehead atoms. The monoisotopic (exact) mass is 616 g/mol. The summed E-state index contributed by atoms with van der Waals surface area (Å²) in [4.78, 5) is 80.6. The predicted molar refractivity (Wildman–Crippen MR) is 156 cm³/mol. The minimum absolute atomic E-state index is 0.138. The van der Waals surface area contributed by atoms with Crippen molar-refractivity contribution < 1.29 is 57.2 Å². The number of hydrogen-bond acceptors (Lipinski definition) is 12. The summed E-state index contributed by atoms with van der Waals surface area (Å²) in [7, 11) is 0. The Labute approximate surface area is 256 Å². The van der Waals surface area contributed by atoms with Crippen molar-refractivity contribution in [2.24, 2.45) is 10.8 Å². The van der Waals surface area contributed by atoms with Gasteiger partial charge in [0.25, 0.3) is 10.8 Å². The van der Waals surface area contributed by atoms with Crippen LogP contribution in [0.2, 0.25) is 0 Å². The summed E-state index contributed by atoms with van der Waals surface area (Å²) in [5.74, 6) is -6.97. The van der Waals surface area contributed by atoms with Gasteiger partial charge >= 0.3 is 35.8 Å². The third-order valence-corrected chi connectivity index (χ3v) is 6.73. The van der Waals surface area contributed by atoms with Crippen molar-refractivity contribution in [3.05, 3.63) is 47.5 Å². The summed E-state index contributed by atoms with van der Waals surface area (Å²) in [6.45, 7) is 8.31. The molecule has 0 aliphatic rings. The molecule has 0 amide bonds. The molecule has 0 radical (unpaired) electrons. The van der Waals surface area contributed by atoms with Gasteiger partial charge in [0.2, 0.25) is 0 Å². The van der Waals surface area contributed by atoms with Crippen molar-refractivity contribution in [2.45, 2.75) is 54.4 Å². The van der Waals surface area contributed by atoms with Gasteiger partial charge in [-0.2, -0.15) is 0 Å². The van der Waals surface area contributed by atoms with E-state index in [1.807, 2.05) is 0 Å². The Balaban J connectivity index is 2.95. The van der Waals surface area contributed by atoms with Crippen molar-refractivity contribution in [1.29, 1.82) is 0 Å². The summed E-state index contributed by atoms with van der Waals surface area (Å²) in [6.07, 6.45) is -1.11. The Kier molecular flexibility index (Phi) is 13.3. The maximum Gasteiger partial charge on any atom is 0.335 e. The van der Waals surface area contributed by atoms with Gasteiger partial charge in [-0.3, -0.25) is 28.8 Å². The lowest BCUT2D eigenvalue weighted by Crippen LogP contribution is -2.51. The molecule has 0 fully saturated rings. The van der Waals surface area contributed by atoms with E-state index < -0.39 is 59.5 Å². The van der Waals surface area contributed by atoms with Crippen LogP contribution >= 0.6 is 0 Å². The van der Waals surface area contributed by atoms with Gasteiger partial charge in [0.05, 0.1) is 39.6 Å². The van der Waals surface area contributed by atoms with E-state index in [0.717, 1.165) is 0 Å². The molecule has 2 aromatic rings. The van der Waals surface area contributed by atoms with Gasteiger partial charge < -0.3 is 28.4 Å². The first-order valence-electron chi connectivity index (χ1n) is 14.6. The second-order valence-corrected chi connectivity index (χ2v) is 9.42. The molecule has 12 heteroatoms. The van der Waals surface area contributed by atoms with Crippen LogP contribution in [0.15, 0.2) is 36.4 Å². The van der Waals surface area contributed by atoms with Crippen LogP contribution in [0.1, 0.15) is 52.7 Å². The maximum atomic E-state index is 13.4. The molecule has 0 spiro atoms. The average Bonchev–Trinajstić information content (AvgIpc) is 2.99. The van der Waals surface area contributed by atoms with Crippen LogP contribution in [0.3, 0.4) is 0 Å². The van der Waals surface area contributed by atoms with E-state index in [1.54, 1.807) is 36.4 Å². The molecule has 0 unspecified atom stereocenters. The molecule has 0 atom stereocenters. The highest BCUT2D eigenvalue weighted by atomic mass is 16.6. The van der Waals surface area contributed by atoms with Gasteiger partial charge in [0, 0.05) is 12.8 Å². The largest absolute Gasteiger partial charge is 0.465 e. The van der Waals surface area contributed by atoms with E-state index in [9.17, 15) is 28.8 Å². The zero-order valence-electron chi connectivity index (χ0n) is 26.0. The van der Waals surface area contributed by atoms with Crippen LogP contribution in [-0.2, 0) is 70.0 Å². The van der Waals surface area contributed by atoms with Crippen LogP contribution in [-0.4, -0.2) is 75.5 Å². The third-order valence-electron chi connectivity index (χ3n) is 6.73. The van der Waals surface area contributed by atoms with Crippen molar-refractivity contribution >= 4 is 46.6 Å². The van der Waals surface area contributed by atoms with Gasteiger partial charge in [-0.25, -0.2) is 0 Å². The fourth-order valence-electron chi connectivity index (χ4n) is 4.83. The van der Waals surface area contributed by atoms with Crippen LogP contribution in [0, 0.1) is 10.8 Å². The van der Waals surface area contributed by atoms with Crippen molar-refractivity contribution in [3.63, 3.8) is 0 Å². The molecule has 2 rings (SSSR count). The Morgan fingerprint density at radius 1 is 0.455 bits per heavy atom. The zero-order valence-corrected chi connectivity index (χ0v) is 26.0. The smallest absolute Gasteiger partial charge is 0.335 e. The van der Waals surface area contributed by atoms with Crippen LogP contribution < -0.4 is 0 Å². The summed E-state index contributed by atoms with van der Waals surface area (Å²) >= 11 is 0. The number of hydrogen-bond donors (Lipinski definition) is 0. The van der Waals surface area contributed by atoms with E-state index in [-0.39, 0.29) is 50.8 Å². The van der Waals surface area contributed by atoms with Gasteiger partial charge in [-0.1, -0.05) is 36.4 Å². The molecule has 0 heterocycles. The lowest BCUT2D eigenvalue weighted by Gasteiger charge is -2.29. The van der Waals surface area contributed by atoms with Gasteiger partial charge in [0.1, 0.15) is 0 Å². The highest BCUT2D eigenvalue weighted by molar-refractivity contribution is 6.19. The number of fused-ring (bicyclic) bond motifs is 1. The van der Waals surface area contributed by atoms with Gasteiger partial charge in [-0.05, 0) is 63.4 Å². The van der Waals surface area contributed by atoms with E-state index in [4.69, 9.17) is 28.4 Å². The number of ether oxygens (including phenoxy) is 6. The number of rotatable bonds is 16. The summed E-state index contributed by atoms with van der Waals surface area (Å²) in [6, 6.07) is 9.84. The van der Waals surface area contributed by atoms with E-state index in [2.05, 4.69) is 0 Å². The molecule has 44 heavy (non-hydrogen) atoms. The summed E-state index contributed by atoms with van der Waals surface area (Å²) < 4.78 is 31.1. The molecule has 0 saturated carbocycles. The first kappa shape index (κ1) is 35.7. The van der Waals surface area contributed by atoms with Crippen LogP contribution in [0.4, 0.5) is 0 Å². The summed E-state index contributed by atoms with van der Waals surface area (Å²) in [5, 5.41) is 0.912. The number of carbonyl (C=O) groups excluding carboxylic acids is 6. The number of benzene rings is 2. The Bertz CT molecular complexity index is 1170. The SMILES string of the molecule is CCOC(=O)C(Cc1cccc2cccc(CC(C(=O)OCC)(C(=O)OCC)C(=O)OCC)c12)(C(=O)OCC)C(=O)OCC. The molecule has 0 aromatic heterocycles. The number of carbonyl (C=O) groups is 6. The molecule has 2 aromatic carbocycles. The number of esters is 6. The Hall–Kier alpha value is -4.48. The minimum atomic E-state index is -2.54. The van der Waals surface area contributed by atoms with Crippen LogP contribution in [0.5, 0.6) is 0 Å². The summed E-state index contributed by atoms with van der Waals surface area (Å²) in [5.41, 5.74) is -4.52. The van der Waals surface area contributed by atoms with Crippen molar-refractivity contribution in [3.8, 4) is 0 Å². The second kappa shape index (κ2) is 16.4.